The fourth-order valence-corrected chi connectivity index (χ4v) is 7.33. The van der Waals surface area contributed by atoms with Gasteiger partial charge in [-0.1, -0.05) is 90.1 Å². The normalized spacial score (nSPS) is 14.3. The van der Waals surface area contributed by atoms with Crippen molar-refractivity contribution in [2.45, 2.75) is 70.5 Å². The van der Waals surface area contributed by atoms with Gasteiger partial charge in [0, 0.05) is 52.6 Å². The molecule has 236 valence electrons. The predicted molar refractivity (Wildman–Crippen MR) is 179 cm³/mol. The number of carbonyl (C=O) groups is 2. The van der Waals surface area contributed by atoms with Crippen LogP contribution in [0, 0.1) is 6.92 Å². The van der Waals surface area contributed by atoms with E-state index < -0.39 is 16.1 Å². The van der Waals surface area contributed by atoms with Gasteiger partial charge in [-0.15, -0.1) is 0 Å². The van der Waals surface area contributed by atoms with Crippen molar-refractivity contribution < 1.29 is 18.0 Å². The smallest absolute Gasteiger partial charge is 0.243 e. The van der Waals surface area contributed by atoms with E-state index in [1.165, 1.54) is 4.31 Å². The molecule has 3 aromatic rings. The average molecular weight is 679 g/mol. The molecule has 3 aromatic carbocycles. The zero-order chi connectivity index (χ0) is 31.9. The van der Waals surface area contributed by atoms with Crippen molar-refractivity contribution in [1.82, 2.24) is 10.2 Å². The monoisotopic (exact) mass is 677 g/mol. The number of amides is 2. The second-order valence-corrected chi connectivity index (χ2v) is 14.4. The summed E-state index contributed by atoms with van der Waals surface area (Å²) in [5.74, 6) is -0.538. The highest BCUT2D eigenvalue weighted by molar-refractivity contribution is 7.92. The summed E-state index contributed by atoms with van der Waals surface area (Å²) in [6.07, 6.45) is 5.54. The van der Waals surface area contributed by atoms with Crippen molar-refractivity contribution in [3.63, 3.8) is 0 Å². The van der Waals surface area contributed by atoms with Crippen LogP contribution in [-0.4, -0.2) is 50.0 Å². The molecule has 0 aliphatic heterocycles. The number of benzene rings is 3. The number of anilines is 1. The molecule has 1 aliphatic carbocycles. The molecule has 44 heavy (non-hydrogen) atoms. The van der Waals surface area contributed by atoms with E-state index in [0.717, 1.165) is 37.5 Å². The minimum atomic E-state index is -3.67. The maximum atomic E-state index is 14.1. The number of nitrogens with one attached hydrogen (secondary N) is 1. The number of hydrogen-bond acceptors (Lipinski definition) is 4. The topological polar surface area (TPSA) is 86.8 Å². The Labute approximate surface area is 275 Å². The van der Waals surface area contributed by atoms with Crippen molar-refractivity contribution in [3.8, 4) is 0 Å². The summed E-state index contributed by atoms with van der Waals surface area (Å²) in [6.45, 7) is 1.84. The number of carbonyl (C=O) groups excluding carboxylic acids is 2. The number of sulfonamides is 1. The maximum Gasteiger partial charge on any atom is 0.243 e. The Balaban J connectivity index is 1.63. The van der Waals surface area contributed by atoms with E-state index in [2.05, 4.69) is 5.32 Å². The molecule has 11 heteroatoms. The van der Waals surface area contributed by atoms with Crippen molar-refractivity contribution in [1.29, 1.82) is 0 Å². The van der Waals surface area contributed by atoms with E-state index in [-0.39, 0.29) is 43.8 Å². The maximum absolute atomic E-state index is 14.1. The molecule has 0 bridgehead atoms. The van der Waals surface area contributed by atoms with Crippen LogP contribution in [0.3, 0.4) is 0 Å². The van der Waals surface area contributed by atoms with Crippen molar-refractivity contribution in [2.24, 2.45) is 0 Å². The Morgan fingerprint density at radius 3 is 2.16 bits per heavy atom. The van der Waals surface area contributed by atoms with E-state index in [9.17, 15) is 18.0 Å². The van der Waals surface area contributed by atoms with Crippen LogP contribution in [0.2, 0.25) is 15.1 Å². The molecule has 0 spiro atoms. The van der Waals surface area contributed by atoms with Gasteiger partial charge in [-0.25, -0.2) is 8.42 Å². The summed E-state index contributed by atoms with van der Waals surface area (Å²) in [7, 11) is -3.67. The van der Waals surface area contributed by atoms with Crippen LogP contribution < -0.4 is 9.62 Å². The van der Waals surface area contributed by atoms with Crippen molar-refractivity contribution in [3.05, 3.63) is 98.5 Å². The number of rotatable bonds is 13. The predicted octanol–water partition coefficient (Wildman–Crippen LogP) is 7.20. The molecular formula is C33H38Cl3N3O4S. The van der Waals surface area contributed by atoms with Gasteiger partial charge in [-0.05, 0) is 61.6 Å². The van der Waals surface area contributed by atoms with Crippen molar-refractivity contribution >= 4 is 62.3 Å². The minimum absolute atomic E-state index is 0.00426. The zero-order valence-electron chi connectivity index (χ0n) is 24.9. The lowest BCUT2D eigenvalue weighted by atomic mass is 10.0. The lowest BCUT2D eigenvalue weighted by Gasteiger charge is -2.33. The van der Waals surface area contributed by atoms with Crippen LogP contribution in [0.5, 0.6) is 0 Å². The Bertz CT molecular complexity index is 1540. The standard InChI is InChI=1S/C33H38Cl3N3O4S/c1-23-27(34)15-9-18-30(23)39(44(2,42)43)20-10-19-32(40)38(22-26-28(35)16-8-17-29(26)36)31(21-24-11-4-3-5-12-24)33(41)37-25-13-6-7-14-25/h3-5,8-9,11-12,15-18,25,31H,6-7,10,13-14,19-22H2,1-2H3,(H,37,41)/t31-/m0/s1. The van der Waals surface area contributed by atoms with Crippen LogP contribution in [0.4, 0.5) is 5.69 Å². The molecule has 0 saturated heterocycles. The van der Waals surface area contributed by atoms with E-state index in [0.29, 0.717) is 38.3 Å². The Hall–Kier alpha value is -2.78. The number of nitrogens with zero attached hydrogens (tertiary/aromatic N) is 2. The van der Waals surface area contributed by atoms with E-state index >= 15 is 0 Å². The van der Waals surface area contributed by atoms with Gasteiger partial charge in [0.1, 0.15) is 6.04 Å². The first-order valence-corrected chi connectivity index (χ1v) is 17.7. The Morgan fingerprint density at radius 1 is 0.909 bits per heavy atom. The lowest BCUT2D eigenvalue weighted by molar-refractivity contribution is -0.141. The van der Waals surface area contributed by atoms with Gasteiger partial charge in [-0.2, -0.15) is 0 Å². The number of halogens is 3. The first-order chi connectivity index (χ1) is 21.0. The van der Waals surface area contributed by atoms with Gasteiger partial charge in [0.05, 0.1) is 11.9 Å². The largest absolute Gasteiger partial charge is 0.352 e. The van der Waals surface area contributed by atoms with Crippen molar-refractivity contribution in [2.75, 3.05) is 17.1 Å². The van der Waals surface area contributed by atoms with E-state index in [4.69, 9.17) is 34.8 Å². The molecule has 1 atom stereocenters. The summed E-state index contributed by atoms with van der Waals surface area (Å²) in [4.78, 5) is 29.6. The third kappa shape index (κ3) is 8.90. The van der Waals surface area contributed by atoms with E-state index in [1.54, 1.807) is 48.2 Å². The van der Waals surface area contributed by atoms with Crippen LogP contribution in [0.15, 0.2) is 66.7 Å². The van der Waals surface area contributed by atoms with Crippen LogP contribution in [0.1, 0.15) is 55.2 Å². The molecule has 4 rings (SSSR count). The summed E-state index contributed by atoms with van der Waals surface area (Å²) in [5, 5.41) is 4.42. The van der Waals surface area contributed by atoms with Gasteiger partial charge in [0.2, 0.25) is 21.8 Å². The molecule has 1 aliphatic rings. The average Bonchev–Trinajstić information content (AvgIpc) is 3.49. The zero-order valence-corrected chi connectivity index (χ0v) is 28.0. The highest BCUT2D eigenvalue weighted by atomic mass is 35.5. The van der Waals surface area contributed by atoms with Crippen LogP contribution in [-0.2, 0) is 32.6 Å². The highest BCUT2D eigenvalue weighted by Gasteiger charge is 2.33. The minimum Gasteiger partial charge on any atom is -0.352 e. The molecule has 0 aromatic heterocycles. The van der Waals surface area contributed by atoms with Gasteiger partial charge >= 0.3 is 0 Å². The fraction of sp³-hybridized carbons (Fsp3) is 0.394. The summed E-state index contributed by atoms with van der Waals surface area (Å²) in [5.41, 5.74) is 2.54. The molecule has 1 saturated carbocycles. The molecule has 7 nitrogen and oxygen atoms in total. The third-order valence-electron chi connectivity index (χ3n) is 8.02. The first-order valence-electron chi connectivity index (χ1n) is 14.7. The molecule has 0 unspecified atom stereocenters. The molecule has 1 fully saturated rings. The highest BCUT2D eigenvalue weighted by Crippen LogP contribution is 2.30. The quantitative estimate of drug-likeness (QED) is 0.207. The lowest BCUT2D eigenvalue weighted by Crippen LogP contribution is -2.52. The van der Waals surface area contributed by atoms with E-state index in [1.807, 2.05) is 30.3 Å². The second kappa shape index (κ2) is 15.5. The number of hydrogen-bond donors (Lipinski definition) is 1. The van der Waals surface area contributed by atoms with Gasteiger partial charge in [-0.3, -0.25) is 13.9 Å². The SMILES string of the molecule is Cc1c(Cl)cccc1N(CCCC(=O)N(Cc1c(Cl)cccc1Cl)[C@@H](Cc1ccccc1)C(=O)NC1CCCC1)S(C)(=O)=O. The summed E-state index contributed by atoms with van der Waals surface area (Å²) in [6, 6.07) is 19.0. The molecular weight excluding hydrogens is 641 g/mol. The fourth-order valence-electron chi connectivity index (χ4n) is 5.62. The molecule has 0 radical (unpaired) electrons. The third-order valence-corrected chi connectivity index (χ3v) is 10.3. The summed E-state index contributed by atoms with van der Waals surface area (Å²) < 4.78 is 26.9. The molecule has 0 heterocycles. The Kier molecular flexibility index (Phi) is 12.0. The first kappa shape index (κ1) is 34.1. The summed E-state index contributed by atoms with van der Waals surface area (Å²) >= 11 is 19.4. The van der Waals surface area contributed by atoms with Crippen LogP contribution >= 0.6 is 34.8 Å². The van der Waals surface area contributed by atoms with Gasteiger partial charge in [0.25, 0.3) is 0 Å². The molecule has 1 N–H and O–H groups in total. The van der Waals surface area contributed by atoms with Gasteiger partial charge in [0.15, 0.2) is 0 Å². The van der Waals surface area contributed by atoms with Crippen LogP contribution in [0.25, 0.3) is 0 Å². The van der Waals surface area contributed by atoms with Gasteiger partial charge < -0.3 is 10.2 Å². The Morgan fingerprint density at radius 2 is 1.52 bits per heavy atom. The second-order valence-electron chi connectivity index (χ2n) is 11.2. The molecule has 2 amide bonds.